The molecule has 1 aromatic carbocycles. The van der Waals surface area contributed by atoms with E-state index in [0.717, 1.165) is 21.0 Å². The monoisotopic (exact) mass is 501 g/mol. The molecule has 0 aromatic heterocycles. The Bertz CT molecular complexity index is 1180. The van der Waals surface area contributed by atoms with Gasteiger partial charge in [0.05, 0.1) is 18.0 Å². The van der Waals surface area contributed by atoms with Crippen molar-refractivity contribution in [3.63, 3.8) is 0 Å². The summed E-state index contributed by atoms with van der Waals surface area (Å²) >= 11 is 0. The lowest BCUT2D eigenvalue weighted by molar-refractivity contribution is -0.154. The molecule has 35 heavy (non-hydrogen) atoms. The third kappa shape index (κ3) is 4.48. The fourth-order valence-corrected chi connectivity index (χ4v) is 7.58. The molecule has 1 amide bonds. The zero-order chi connectivity index (χ0) is 26.5. The third-order valence-electron chi connectivity index (χ3n) is 7.57. The molecule has 2 atom stereocenters. The summed E-state index contributed by atoms with van der Waals surface area (Å²) in [7, 11) is -2.99. The second-order valence-corrected chi connectivity index (χ2v) is 12.7. The highest BCUT2D eigenvalue weighted by Gasteiger charge is 2.56. The van der Waals surface area contributed by atoms with Gasteiger partial charge in [-0.2, -0.15) is 0 Å². The summed E-state index contributed by atoms with van der Waals surface area (Å²) in [6.45, 7) is 15.9. The second-order valence-electron chi connectivity index (χ2n) is 11.0. The van der Waals surface area contributed by atoms with Gasteiger partial charge in [-0.15, -0.1) is 0 Å². The number of esters is 1. The van der Waals surface area contributed by atoms with Crippen LogP contribution in [0.5, 0.6) is 0 Å². The zero-order valence-corrected chi connectivity index (χ0v) is 23.2. The van der Waals surface area contributed by atoms with E-state index in [0.29, 0.717) is 17.5 Å². The van der Waals surface area contributed by atoms with Crippen LogP contribution in [-0.4, -0.2) is 37.8 Å². The number of rotatable bonds is 6. The van der Waals surface area contributed by atoms with Crippen LogP contribution in [0.3, 0.4) is 0 Å². The van der Waals surface area contributed by atoms with Crippen LogP contribution in [0.15, 0.2) is 40.3 Å². The van der Waals surface area contributed by atoms with E-state index < -0.39 is 33.4 Å². The van der Waals surface area contributed by atoms with Crippen LogP contribution in [0.25, 0.3) is 0 Å². The lowest BCUT2D eigenvalue weighted by atomic mass is 9.67. The molecule has 1 aliphatic carbocycles. The number of carbonyl (C=O) groups is 2. The first-order valence-electron chi connectivity index (χ1n) is 12.4. The number of hydrogen-bond donors (Lipinski definition) is 0. The fourth-order valence-electron chi connectivity index (χ4n) is 5.30. The number of benzene rings is 1. The number of ether oxygens (including phenoxy) is 1. The summed E-state index contributed by atoms with van der Waals surface area (Å²) in [5.74, 6) is -1.08. The van der Waals surface area contributed by atoms with Crippen molar-refractivity contribution < 1.29 is 22.7 Å². The van der Waals surface area contributed by atoms with Crippen LogP contribution in [-0.2, 0) is 24.3 Å². The van der Waals surface area contributed by atoms with Gasteiger partial charge in [-0.1, -0.05) is 70.9 Å². The van der Waals surface area contributed by atoms with Crippen molar-refractivity contribution in [2.45, 2.75) is 96.9 Å². The predicted molar refractivity (Wildman–Crippen MR) is 138 cm³/mol. The first kappa shape index (κ1) is 27.2. The third-order valence-corrected chi connectivity index (χ3v) is 9.51. The number of nitrogens with zero attached hydrogens (tertiary/aromatic N) is 1. The van der Waals surface area contributed by atoms with Gasteiger partial charge in [0.1, 0.15) is 5.41 Å². The first-order chi connectivity index (χ1) is 16.2. The van der Waals surface area contributed by atoms with Crippen LogP contribution >= 0.6 is 0 Å². The van der Waals surface area contributed by atoms with Crippen LogP contribution in [0.2, 0.25) is 0 Å². The lowest BCUT2D eigenvalue weighted by Gasteiger charge is -2.47. The SMILES string of the molecule is COC(=O)[C@@]12C=CC(=O)N(S(=O)(=O)c3c(C(C)C)cc(C(C)C)cc3C(C)C)[C@@H]1CC(C)=C(C)C2. The summed E-state index contributed by atoms with van der Waals surface area (Å²) in [4.78, 5) is 26.7. The molecule has 0 N–H and O–H groups in total. The number of sulfonamides is 1. The molecule has 2 aliphatic rings. The maximum absolute atomic E-state index is 14.5. The Morgan fingerprint density at radius 1 is 1.00 bits per heavy atom. The van der Waals surface area contributed by atoms with Gasteiger partial charge in [0.25, 0.3) is 15.9 Å². The Labute approximate surface area is 210 Å². The number of methoxy groups -OCH3 is 1. The highest BCUT2D eigenvalue weighted by Crippen LogP contribution is 2.49. The molecule has 0 unspecified atom stereocenters. The standard InChI is InChI=1S/C28H39NO5S/c1-16(2)21-13-22(17(3)4)26(23(14-21)18(5)6)35(32,33)29-24-12-19(7)20(8)15-28(24,27(31)34-9)11-10-25(29)30/h10-11,13-14,16-18,24H,12,15H2,1-9H3/t24-,28-/m1/s1. The topological polar surface area (TPSA) is 80.8 Å². The van der Waals surface area contributed by atoms with Crippen LogP contribution in [0, 0.1) is 5.41 Å². The molecule has 0 radical (unpaired) electrons. The highest BCUT2D eigenvalue weighted by atomic mass is 32.2. The summed E-state index contributed by atoms with van der Waals surface area (Å²) < 4.78 is 35.2. The molecular weight excluding hydrogens is 462 g/mol. The Morgan fingerprint density at radius 2 is 1.54 bits per heavy atom. The van der Waals surface area contributed by atoms with Crippen LogP contribution in [0.1, 0.15) is 103 Å². The Hall–Kier alpha value is -2.41. The molecule has 0 saturated carbocycles. The van der Waals surface area contributed by atoms with Crippen LogP contribution in [0.4, 0.5) is 0 Å². The van der Waals surface area contributed by atoms with Crippen molar-refractivity contribution >= 4 is 21.9 Å². The summed E-state index contributed by atoms with van der Waals surface area (Å²) in [5, 5.41) is 0. The minimum absolute atomic E-state index is 0.0768. The molecule has 0 bridgehead atoms. The van der Waals surface area contributed by atoms with Gasteiger partial charge in [-0.05, 0) is 61.1 Å². The largest absolute Gasteiger partial charge is 0.468 e. The van der Waals surface area contributed by atoms with Gasteiger partial charge in [0.15, 0.2) is 0 Å². The highest BCUT2D eigenvalue weighted by molar-refractivity contribution is 7.89. The zero-order valence-electron chi connectivity index (χ0n) is 22.4. The van der Waals surface area contributed by atoms with Crippen molar-refractivity contribution in [1.29, 1.82) is 0 Å². The maximum atomic E-state index is 14.5. The van der Waals surface area contributed by atoms with Crippen molar-refractivity contribution in [2.24, 2.45) is 5.41 Å². The number of fused-ring (bicyclic) bond motifs is 1. The second kappa shape index (κ2) is 9.57. The van der Waals surface area contributed by atoms with Crippen molar-refractivity contribution in [1.82, 2.24) is 4.31 Å². The van der Waals surface area contributed by atoms with Gasteiger partial charge >= 0.3 is 5.97 Å². The predicted octanol–water partition coefficient (Wildman–Crippen LogP) is 5.80. The molecule has 1 aliphatic heterocycles. The molecule has 3 rings (SSSR count). The molecule has 0 spiro atoms. The Morgan fingerprint density at radius 3 is 2.00 bits per heavy atom. The minimum Gasteiger partial charge on any atom is -0.468 e. The van der Waals surface area contributed by atoms with Gasteiger partial charge in [-0.3, -0.25) is 9.59 Å². The number of carbonyl (C=O) groups excluding carboxylic acids is 2. The molecule has 7 heteroatoms. The molecular formula is C28H39NO5S. The number of hydrogen-bond acceptors (Lipinski definition) is 5. The molecule has 0 fully saturated rings. The molecule has 6 nitrogen and oxygen atoms in total. The normalized spacial score (nSPS) is 22.9. The van der Waals surface area contributed by atoms with Crippen molar-refractivity contribution in [2.75, 3.05) is 7.11 Å². The molecule has 1 heterocycles. The van der Waals surface area contributed by atoms with E-state index in [1.165, 1.54) is 13.2 Å². The van der Waals surface area contributed by atoms with Gasteiger partial charge in [0, 0.05) is 6.08 Å². The van der Waals surface area contributed by atoms with Crippen molar-refractivity contribution in [3.05, 3.63) is 52.1 Å². The molecule has 1 aromatic rings. The molecule has 0 saturated heterocycles. The smallest absolute Gasteiger partial charge is 0.318 e. The summed E-state index contributed by atoms with van der Waals surface area (Å²) in [5.41, 5.74) is 3.22. The van der Waals surface area contributed by atoms with E-state index in [4.69, 9.17) is 4.74 Å². The van der Waals surface area contributed by atoms with Gasteiger partial charge in [0.2, 0.25) is 0 Å². The van der Waals surface area contributed by atoms with Crippen molar-refractivity contribution in [3.8, 4) is 0 Å². The maximum Gasteiger partial charge on any atom is 0.318 e. The van der Waals surface area contributed by atoms with E-state index in [1.54, 1.807) is 6.08 Å². The van der Waals surface area contributed by atoms with E-state index in [1.807, 2.05) is 53.7 Å². The van der Waals surface area contributed by atoms with Gasteiger partial charge in [-0.25, -0.2) is 12.7 Å². The average Bonchev–Trinajstić information content (AvgIpc) is 2.78. The van der Waals surface area contributed by atoms with Gasteiger partial charge < -0.3 is 4.74 Å². The summed E-state index contributed by atoms with van der Waals surface area (Å²) in [6.07, 6.45) is 3.38. The fraction of sp³-hybridized carbons (Fsp3) is 0.571. The quantitative estimate of drug-likeness (QED) is 0.363. The Balaban J connectivity index is 2.35. The first-order valence-corrected chi connectivity index (χ1v) is 13.8. The van der Waals surface area contributed by atoms with E-state index in [2.05, 4.69) is 13.8 Å². The van der Waals surface area contributed by atoms with E-state index >= 15 is 0 Å². The van der Waals surface area contributed by atoms with E-state index in [9.17, 15) is 18.0 Å². The van der Waals surface area contributed by atoms with E-state index in [-0.39, 0.29) is 29.1 Å². The summed E-state index contributed by atoms with van der Waals surface area (Å²) in [6, 6.07) is 3.04. The number of allylic oxidation sites excluding steroid dienone is 1. The van der Waals surface area contributed by atoms with Crippen LogP contribution < -0.4 is 0 Å². The number of amides is 1. The Kier molecular flexibility index (Phi) is 7.43. The lowest BCUT2D eigenvalue weighted by Crippen LogP contribution is -2.59. The average molecular weight is 502 g/mol. The minimum atomic E-state index is -4.29. The molecule has 192 valence electrons.